The lowest BCUT2D eigenvalue weighted by Gasteiger charge is -2.30. The standard InChI is InChI=1S/C17H24N2O6S/c1-25-14-4-6-15(7-5-14)26(23,24)19-11-8-13(9-12-19)17(22)18-10-2-3-16(20)21/h4-7,13H,2-3,8-12H2,1H3,(H,18,22)(H,20,21). The third-order valence-electron chi connectivity index (χ3n) is 4.39. The Labute approximate surface area is 153 Å². The first-order valence-electron chi connectivity index (χ1n) is 8.48. The Balaban J connectivity index is 1.86. The maximum absolute atomic E-state index is 12.7. The van der Waals surface area contributed by atoms with Crippen molar-refractivity contribution >= 4 is 21.9 Å². The smallest absolute Gasteiger partial charge is 0.303 e. The fourth-order valence-electron chi connectivity index (χ4n) is 2.85. The summed E-state index contributed by atoms with van der Waals surface area (Å²) in [5, 5.41) is 11.3. The topological polar surface area (TPSA) is 113 Å². The molecule has 1 aliphatic rings. The first kappa shape index (κ1) is 20.2. The number of amides is 1. The van der Waals surface area contributed by atoms with Gasteiger partial charge in [0, 0.05) is 32.0 Å². The zero-order chi connectivity index (χ0) is 19.2. The molecule has 144 valence electrons. The van der Waals surface area contributed by atoms with Crippen LogP contribution in [0.2, 0.25) is 0 Å². The molecule has 1 aromatic carbocycles. The van der Waals surface area contributed by atoms with Gasteiger partial charge in [0.15, 0.2) is 0 Å². The van der Waals surface area contributed by atoms with Crippen molar-refractivity contribution < 1.29 is 27.9 Å². The molecule has 9 heteroatoms. The van der Waals surface area contributed by atoms with Crippen LogP contribution in [-0.2, 0) is 19.6 Å². The highest BCUT2D eigenvalue weighted by atomic mass is 32.2. The van der Waals surface area contributed by atoms with Crippen LogP contribution in [0.1, 0.15) is 25.7 Å². The summed E-state index contributed by atoms with van der Waals surface area (Å²) in [5.41, 5.74) is 0. The van der Waals surface area contributed by atoms with Crippen molar-refractivity contribution in [2.45, 2.75) is 30.6 Å². The molecule has 1 fully saturated rings. The molecule has 1 amide bonds. The van der Waals surface area contributed by atoms with Gasteiger partial charge in [-0.05, 0) is 43.5 Å². The summed E-state index contributed by atoms with van der Waals surface area (Å²) >= 11 is 0. The minimum absolute atomic E-state index is 0.0127. The number of hydrogen-bond donors (Lipinski definition) is 2. The van der Waals surface area contributed by atoms with E-state index in [0.29, 0.717) is 31.6 Å². The first-order chi connectivity index (χ1) is 12.3. The summed E-state index contributed by atoms with van der Waals surface area (Å²) < 4.78 is 31.8. The molecular formula is C17H24N2O6S. The molecule has 0 spiro atoms. The van der Waals surface area contributed by atoms with Crippen LogP contribution in [0.15, 0.2) is 29.2 Å². The second kappa shape index (κ2) is 9.00. The summed E-state index contributed by atoms with van der Waals surface area (Å²) in [7, 11) is -2.07. The molecule has 0 unspecified atom stereocenters. The van der Waals surface area contributed by atoms with Crippen molar-refractivity contribution in [1.82, 2.24) is 9.62 Å². The third-order valence-corrected chi connectivity index (χ3v) is 6.30. The average Bonchev–Trinajstić information content (AvgIpc) is 2.65. The summed E-state index contributed by atoms with van der Waals surface area (Å²) in [6.07, 6.45) is 1.28. The highest BCUT2D eigenvalue weighted by Crippen LogP contribution is 2.25. The monoisotopic (exact) mass is 384 g/mol. The second-order valence-corrected chi connectivity index (χ2v) is 8.08. The molecule has 0 bridgehead atoms. The van der Waals surface area contributed by atoms with Crippen LogP contribution in [0.25, 0.3) is 0 Å². The number of benzene rings is 1. The lowest BCUT2D eigenvalue weighted by atomic mass is 9.97. The van der Waals surface area contributed by atoms with Gasteiger partial charge < -0.3 is 15.2 Å². The zero-order valence-corrected chi connectivity index (χ0v) is 15.5. The van der Waals surface area contributed by atoms with E-state index < -0.39 is 16.0 Å². The molecule has 1 aliphatic heterocycles. The number of nitrogens with zero attached hydrogens (tertiary/aromatic N) is 1. The summed E-state index contributed by atoms with van der Waals surface area (Å²) in [6, 6.07) is 6.22. The second-order valence-electron chi connectivity index (χ2n) is 6.14. The van der Waals surface area contributed by atoms with Gasteiger partial charge in [-0.3, -0.25) is 9.59 Å². The van der Waals surface area contributed by atoms with Gasteiger partial charge in [0.25, 0.3) is 0 Å². The van der Waals surface area contributed by atoms with Crippen LogP contribution in [0.4, 0.5) is 0 Å². The molecule has 0 aliphatic carbocycles. The van der Waals surface area contributed by atoms with Crippen LogP contribution >= 0.6 is 0 Å². The number of piperidine rings is 1. The third kappa shape index (κ3) is 5.18. The number of hydrogen-bond acceptors (Lipinski definition) is 5. The van der Waals surface area contributed by atoms with Crippen LogP contribution in [-0.4, -0.2) is 56.5 Å². The number of carboxylic acid groups (broad SMARTS) is 1. The largest absolute Gasteiger partial charge is 0.497 e. The lowest BCUT2D eigenvalue weighted by Crippen LogP contribution is -2.43. The minimum Gasteiger partial charge on any atom is -0.497 e. The molecule has 2 N–H and O–H groups in total. The number of methoxy groups -OCH3 is 1. The van der Waals surface area contributed by atoms with E-state index in [1.54, 1.807) is 12.1 Å². The van der Waals surface area contributed by atoms with Crippen molar-refractivity contribution in [1.29, 1.82) is 0 Å². The van der Waals surface area contributed by atoms with Crippen molar-refractivity contribution in [2.24, 2.45) is 5.92 Å². The van der Waals surface area contributed by atoms with E-state index in [0.717, 1.165) is 0 Å². The summed E-state index contributed by atoms with van der Waals surface area (Å²) in [6.45, 7) is 0.874. The van der Waals surface area contributed by atoms with E-state index in [-0.39, 0.29) is 36.2 Å². The first-order valence-corrected chi connectivity index (χ1v) is 9.92. The van der Waals surface area contributed by atoms with Gasteiger partial charge in [-0.1, -0.05) is 0 Å². The number of carboxylic acids is 1. The quantitative estimate of drug-likeness (QED) is 0.649. The molecule has 1 heterocycles. The number of carbonyl (C=O) groups is 2. The Morgan fingerprint density at radius 2 is 1.85 bits per heavy atom. The normalized spacial score (nSPS) is 16.2. The number of ether oxygens (including phenoxy) is 1. The summed E-state index contributed by atoms with van der Waals surface area (Å²) in [5.74, 6) is -0.697. The van der Waals surface area contributed by atoms with Crippen LogP contribution in [0.5, 0.6) is 5.75 Å². The summed E-state index contributed by atoms with van der Waals surface area (Å²) in [4.78, 5) is 22.7. The number of carbonyl (C=O) groups excluding carboxylic acids is 1. The Hall–Kier alpha value is -2.13. The Morgan fingerprint density at radius 1 is 1.23 bits per heavy atom. The van der Waals surface area contributed by atoms with Gasteiger partial charge in [0.1, 0.15) is 5.75 Å². The van der Waals surface area contributed by atoms with Crippen molar-refractivity contribution in [3.63, 3.8) is 0 Å². The zero-order valence-electron chi connectivity index (χ0n) is 14.7. The van der Waals surface area contributed by atoms with E-state index in [1.165, 1.54) is 23.5 Å². The number of sulfonamides is 1. The van der Waals surface area contributed by atoms with E-state index >= 15 is 0 Å². The van der Waals surface area contributed by atoms with Gasteiger partial charge in [-0.25, -0.2) is 8.42 Å². The van der Waals surface area contributed by atoms with E-state index in [4.69, 9.17) is 9.84 Å². The van der Waals surface area contributed by atoms with Gasteiger partial charge in [0.05, 0.1) is 12.0 Å². The Bertz CT molecular complexity index is 724. The molecule has 26 heavy (non-hydrogen) atoms. The van der Waals surface area contributed by atoms with Crippen LogP contribution in [0, 0.1) is 5.92 Å². The predicted octanol–water partition coefficient (Wildman–Crippen LogP) is 1.08. The van der Waals surface area contributed by atoms with Crippen molar-refractivity contribution in [3.05, 3.63) is 24.3 Å². The predicted molar refractivity (Wildman–Crippen MR) is 94.4 cm³/mol. The number of aliphatic carboxylic acids is 1. The fourth-order valence-corrected chi connectivity index (χ4v) is 4.32. The molecular weight excluding hydrogens is 360 g/mol. The van der Waals surface area contributed by atoms with Crippen LogP contribution < -0.4 is 10.1 Å². The minimum atomic E-state index is -3.59. The molecule has 0 radical (unpaired) electrons. The van der Waals surface area contributed by atoms with E-state index in [1.807, 2.05) is 0 Å². The Kier molecular flexibility index (Phi) is 6.98. The van der Waals surface area contributed by atoms with Crippen molar-refractivity contribution in [2.75, 3.05) is 26.7 Å². The molecule has 2 rings (SSSR count). The lowest BCUT2D eigenvalue weighted by molar-refractivity contribution is -0.137. The molecule has 0 saturated carbocycles. The fraction of sp³-hybridized carbons (Fsp3) is 0.529. The van der Waals surface area contributed by atoms with E-state index in [9.17, 15) is 18.0 Å². The molecule has 1 aromatic rings. The number of nitrogens with one attached hydrogen (secondary N) is 1. The molecule has 0 aromatic heterocycles. The molecule has 1 saturated heterocycles. The van der Waals surface area contributed by atoms with Gasteiger partial charge in [-0.2, -0.15) is 4.31 Å². The van der Waals surface area contributed by atoms with E-state index in [2.05, 4.69) is 5.32 Å². The van der Waals surface area contributed by atoms with Gasteiger partial charge in [-0.15, -0.1) is 0 Å². The molecule has 0 atom stereocenters. The average molecular weight is 384 g/mol. The number of rotatable bonds is 8. The highest BCUT2D eigenvalue weighted by Gasteiger charge is 2.31. The SMILES string of the molecule is COc1ccc(S(=O)(=O)N2CCC(C(=O)NCCCC(=O)O)CC2)cc1. The van der Waals surface area contributed by atoms with Gasteiger partial charge >= 0.3 is 5.97 Å². The highest BCUT2D eigenvalue weighted by molar-refractivity contribution is 7.89. The Morgan fingerprint density at radius 3 is 2.38 bits per heavy atom. The maximum Gasteiger partial charge on any atom is 0.303 e. The van der Waals surface area contributed by atoms with Crippen molar-refractivity contribution in [3.8, 4) is 5.75 Å². The van der Waals surface area contributed by atoms with Crippen LogP contribution in [0.3, 0.4) is 0 Å². The molecule has 8 nitrogen and oxygen atoms in total. The van der Waals surface area contributed by atoms with Gasteiger partial charge in [0.2, 0.25) is 15.9 Å². The maximum atomic E-state index is 12.7.